The van der Waals surface area contributed by atoms with Crippen molar-refractivity contribution in [1.82, 2.24) is 5.32 Å². The van der Waals surface area contributed by atoms with E-state index >= 15 is 0 Å². The predicted molar refractivity (Wildman–Crippen MR) is 68.0 cm³/mol. The summed E-state index contributed by atoms with van der Waals surface area (Å²) in [4.78, 5) is 11.9. The Morgan fingerprint density at radius 3 is 2.83 bits per heavy atom. The Labute approximate surface area is 111 Å². The van der Waals surface area contributed by atoms with Crippen LogP contribution in [0.4, 0.5) is 0 Å². The molecule has 1 amide bonds. The zero-order valence-corrected chi connectivity index (χ0v) is 10.7. The maximum atomic E-state index is 11.9. The van der Waals surface area contributed by atoms with Gasteiger partial charge in [0.15, 0.2) is 0 Å². The summed E-state index contributed by atoms with van der Waals surface area (Å²) in [6, 6.07) is 7.20. The number of ether oxygens (including phenoxy) is 2. The number of nitrogens with one attached hydrogen (secondary N) is 1. The molecule has 0 aliphatic carbocycles. The molecule has 18 heavy (non-hydrogen) atoms. The first-order chi connectivity index (χ1) is 8.68. The Kier molecular flexibility index (Phi) is 4.10. The molecule has 2 rings (SSSR count). The molecule has 1 aromatic carbocycles. The van der Waals surface area contributed by atoms with Crippen molar-refractivity contribution in [3.05, 3.63) is 46.9 Å². The zero-order chi connectivity index (χ0) is 13.0. The third kappa shape index (κ3) is 2.96. The Morgan fingerprint density at radius 1 is 1.39 bits per heavy atom. The van der Waals surface area contributed by atoms with Crippen molar-refractivity contribution < 1.29 is 14.3 Å². The molecule has 0 bridgehead atoms. The Balaban J connectivity index is 2.03. The second kappa shape index (κ2) is 5.78. The van der Waals surface area contributed by atoms with E-state index in [9.17, 15) is 4.79 Å². The average molecular weight is 268 g/mol. The molecule has 1 aliphatic heterocycles. The molecule has 1 unspecified atom stereocenters. The lowest BCUT2D eigenvalue weighted by Crippen LogP contribution is -2.30. The summed E-state index contributed by atoms with van der Waals surface area (Å²) in [7, 11) is 0. The van der Waals surface area contributed by atoms with E-state index in [1.54, 1.807) is 6.07 Å². The third-order valence-electron chi connectivity index (χ3n) is 2.59. The summed E-state index contributed by atoms with van der Waals surface area (Å²) in [5.74, 6) is -0.109. The monoisotopic (exact) mass is 267 g/mol. The molecule has 96 valence electrons. The van der Waals surface area contributed by atoms with Gasteiger partial charge in [-0.15, -0.1) is 0 Å². The van der Waals surface area contributed by atoms with E-state index in [1.807, 2.05) is 25.1 Å². The minimum atomic E-state index is -0.304. The van der Waals surface area contributed by atoms with Crippen LogP contribution in [-0.4, -0.2) is 19.1 Å². The van der Waals surface area contributed by atoms with Crippen LogP contribution >= 0.6 is 11.6 Å². The summed E-state index contributed by atoms with van der Waals surface area (Å²) in [6.07, 6.45) is 1.33. The molecule has 0 aromatic heterocycles. The topological polar surface area (TPSA) is 47.6 Å². The Morgan fingerprint density at radius 2 is 2.17 bits per heavy atom. The molecular formula is C13H14ClNO3. The largest absolute Gasteiger partial charge is 0.494 e. The first kappa shape index (κ1) is 12.8. The fourth-order valence-electron chi connectivity index (χ4n) is 1.66. The summed E-state index contributed by atoms with van der Waals surface area (Å²) in [6.45, 7) is 2.72. The van der Waals surface area contributed by atoms with Gasteiger partial charge in [0, 0.05) is 5.02 Å². The molecular weight excluding hydrogens is 254 g/mol. The highest BCUT2D eigenvalue weighted by atomic mass is 35.5. The van der Waals surface area contributed by atoms with Gasteiger partial charge >= 0.3 is 0 Å². The van der Waals surface area contributed by atoms with Crippen molar-refractivity contribution in [2.75, 3.05) is 13.2 Å². The van der Waals surface area contributed by atoms with Crippen molar-refractivity contribution in [3.8, 4) is 0 Å². The van der Waals surface area contributed by atoms with Gasteiger partial charge in [-0.1, -0.05) is 29.8 Å². The first-order valence-electron chi connectivity index (χ1n) is 5.68. The standard InChI is InChI=1S/C13H14ClNO3/c1-9(10-4-2-3-5-11(10)14)15-13(16)12-8-17-6-7-18-12/h2-5,8-9H,6-7H2,1H3,(H,15,16). The summed E-state index contributed by atoms with van der Waals surface area (Å²) < 4.78 is 10.2. The fourth-order valence-corrected chi connectivity index (χ4v) is 1.96. The molecule has 0 fully saturated rings. The van der Waals surface area contributed by atoms with Crippen LogP contribution in [-0.2, 0) is 14.3 Å². The minimum Gasteiger partial charge on any atom is -0.494 e. The summed E-state index contributed by atoms with van der Waals surface area (Å²) >= 11 is 6.07. The molecule has 0 saturated carbocycles. The fraction of sp³-hybridized carbons (Fsp3) is 0.308. The second-order valence-corrected chi connectivity index (χ2v) is 4.33. The first-order valence-corrected chi connectivity index (χ1v) is 6.06. The lowest BCUT2D eigenvalue weighted by Gasteiger charge is -2.19. The van der Waals surface area contributed by atoms with Gasteiger partial charge in [0.1, 0.15) is 19.5 Å². The van der Waals surface area contributed by atoms with E-state index in [2.05, 4.69) is 5.32 Å². The Bertz CT molecular complexity index is 473. The van der Waals surface area contributed by atoms with Crippen molar-refractivity contribution in [2.45, 2.75) is 13.0 Å². The van der Waals surface area contributed by atoms with E-state index in [4.69, 9.17) is 21.1 Å². The number of hydrogen-bond donors (Lipinski definition) is 1. The van der Waals surface area contributed by atoms with Gasteiger partial charge < -0.3 is 14.8 Å². The highest BCUT2D eigenvalue weighted by Crippen LogP contribution is 2.22. The van der Waals surface area contributed by atoms with Gasteiger partial charge in [0.2, 0.25) is 5.76 Å². The lowest BCUT2D eigenvalue weighted by atomic mass is 10.1. The van der Waals surface area contributed by atoms with Crippen molar-refractivity contribution >= 4 is 17.5 Å². The van der Waals surface area contributed by atoms with Gasteiger partial charge in [-0.05, 0) is 18.6 Å². The van der Waals surface area contributed by atoms with Gasteiger partial charge in [0.05, 0.1) is 6.04 Å². The smallest absolute Gasteiger partial charge is 0.290 e. The normalized spacial score (nSPS) is 16.0. The van der Waals surface area contributed by atoms with Crippen LogP contribution in [0.1, 0.15) is 18.5 Å². The molecule has 0 spiro atoms. The number of benzene rings is 1. The summed E-state index contributed by atoms with van der Waals surface area (Å²) in [5, 5.41) is 3.44. The van der Waals surface area contributed by atoms with Gasteiger partial charge in [-0.25, -0.2) is 0 Å². The van der Waals surface area contributed by atoms with Crippen LogP contribution < -0.4 is 5.32 Å². The van der Waals surface area contributed by atoms with E-state index in [0.717, 1.165) is 5.56 Å². The van der Waals surface area contributed by atoms with Crippen LogP contribution in [0.15, 0.2) is 36.3 Å². The van der Waals surface area contributed by atoms with Crippen molar-refractivity contribution in [1.29, 1.82) is 0 Å². The molecule has 0 saturated heterocycles. The van der Waals surface area contributed by atoms with Crippen LogP contribution in [0.5, 0.6) is 0 Å². The summed E-state index contributed by atoms with van der Waals surface area (Å²) in [5.41, 5.74) is 0.866. The van der Waals surface area contributed by atoms with E-state index in [1.165, 1.54) is 6.26 Å². The van der Waals surface area contributed by atoms with Crippen LogP contribution in [0, 0.1) is 0 Å². The van der Waals surface area contributed by atoms with Gasteiger partial charge in [0.25, 0.3) is 5.91 Å². The molecule has 1 aromatic rings. The quantitative estimate of drug-likeness (QED) is 0.915. The minimum absolute atomic E-state index is 0.195. The van der Waals surface area contributed by atoms with Crippen LogP contribution in [0.3, 0.4) is 0 Å². The lowest BCUT2D eigenvalue weighted by molar-refractivity contribution is -0.122. The van der Waals surface area contributed by atoms with Crippen molar-refractivity contribution in [2.24, 2.45) is 0 Å². The molecule has 4 nitrogen and oxygen atoms in total. The predicted octanol–water partition coefficient (Wildman–Crippen LogP) is 2.41. The molecule has 0 radical (unpaired) electrons. The van der Waals surface area contributed by atoms with Crippen LogP contribution in [0.2, 0.25) is 5.02 Å². The number of carbonyl (C=O) groups is 1. The molecule has 1 atom stereocenters. The maximum Gasteiger partial charge on any atom is 0.290 e. The zero-order valence-electron chi connectivity index (χ0n) is 9.98. The highest BCUT2D eigenvalue weighted by molar-refractivity contribution is 6.31. The number of rotatable bonds is 3. The molecule has 5 heteroatoms. The van der Waals surface area contributed by atoms with E-state index in [-0.39, 0.29) is 17.7 Å². The number of amides is 1. The SMILES string of the molecule is CC(NC(=O)C1=COCCO1)c1ccccc1Cl. The van der Waals surface area contributed by atoms with E-state index < -0.39 is 0 Å². The molecule has 1 N–H and O–H groups in total. The average Bonchev–Trinajstić information content (AvgIpc) is 2.40. The molecule has 1 heterocycles. The molecule has 1 aliphatic rings. The third-order valence-corrected chi connectivity index (χ3v) is 2.94. The number of halogens is 1. The Hall–Kier alpha value is -1.68. The van der Waals surface area contributed by atoms with E-state index in [0.29, 0.717) is 18.2 Å². The second-order valence-electron chi connectivity index (χ2n) is 3.92. The number of carbonyl (C=O) groups excluding carboxylic acids is 1. The van der Waals surface area contributed by atoms with Crippen molar-refractivity contribution in [3.63, 3.8) is 0 Å². The van der Waals surface area contributed by atoms with Crippen LogP contribution in [0.25, 0.3) is 0 Å². The number of hydrogen-bond acceptors (Lipinski definition) is 3. The maximum absolute atomic E-state index is 11.9. The highest BCUT2D eigenvalue weighted by Gasteiger charge is 2.18. The van der Waals surface area contributed by atoms with Gasteiger partial charge in [-0.3, -0.25) is 4.79 Å². The van der Waals surface area contributed by atoms with Gasteiger partial charge in [-0.2, -0.15) is 0 Å².